The van der Waals surface area contributed by atoms with Crippen LogP contribution in [0.3, 0.4) is 0 Å². The Labute approximate surface area is 176 Å². The quantitative estimate of drug-likeness (QED) is 0.594. The van der Waals surface area contributed by atoms with Gasteiger partial charge in [0.2, 0.25) is 10.0 Å². The second kappa shape index (κ2) is 8.45. The van der Waals surface area contributed by atoms with Gasteiger partial charge in [0, 0.05) is 42.3 Å². The van der Waals surface area contributed by atoms with Crippen molar-refractivity contribution in [2.45, 2.75) is 23.7 Å². The number of aromatic amines is 1. The van der Waals surface area contributed by atoms with E-state index in [1.807, 2.05) is 18.3 Å². The number of hydrogen-bond donors (Lipinski definition) is 2. The molecule has 30 heavy (non-hydrogen) atoms. The SMILES string of the molecule is C=CCNC(=O)c1cccc(S(=O)(=O)N2CCC(c3c[nH]c4ccccc34)CC2)c1. The first-order valence-corrected chi connectivity index (χ1v) is 11.5. The van der Waals surface area contributed by atoms with Crippen LogP contribution >= 0.6 is 0 Å². The van der Waals surface area contributed by atoms with Gasteiger partial charge in [0.15, 0.2) is 0 Å². The second-order valence-electron chi connectivity index (χ2n) is 7.49. The molecule has 2 heterocycles. The number of H-pyrrole nitrogens is 1. The highest BCUT2D eigenvalue weighted by molar-refractivity contribution is 7.89. The number of nitrogens with one attached hydrogen (secondary N) is 2. The monoisotopic (exact) mass is 423 g/mol. The van der Waals surface area contributed by atoms with E-state index in [0.29, 0.717) is 31.1 Å². The molecule has 6 nitrogen and oxygen atoms in total. The maximum Gasteiger partial charge on any atom is 0.251 e. The van der Waals surface area contributed by atoms with Gasteiger partial charge in [0.1, 0.15) is 0 Å². The molecule has 0 spiro atoms. The number of piperidine rings is 1. The minimum Gasteiger partial charge on any atom is -0.361 e. The number of hydrogen-bond acceptors (Lipinski definition) is 3. The predicted octanol–water partition coefficient (Wildman–Crippen LogP) is 3.65. The number of sulfonamides is 1. The van der Waals surface area contributed by atoms with E-state index in [-0.39, 0.29) is 10.8 Å². The van der Waals surface area contributed by atoms with Crippen LogP contribution in [0.1, 0.15) is 34.7 Å². The zero-order valence-corrected chi connectivity index (χ0v) is 17.5. The van der Waals surface area contributed by atoms with Gasteiger partial charge in [0.05, 0.1) is 4.90 Å². The molecular formula is C23H25N3O3S. The Bertz CT molecular complexity index is 1180. The summed E-state index contributed by atoms with van der Waals surface area (Å²) >= 11 is 0. The number of carbonyl (C=O) groups excluding carboxylic acids is 1. The molecule has 0 bridgehead atoms. The molecule has 1 amide bonds. The highest BCUT2D eigenvalue weighted by Gasteiger charge is 2.31. The smallest absolute Gasteiger partial charge is 0.251 e. The molecule has 0 saturated carbocycles. The lowest BCUT2D eigenvalue weighted by Gasteiger charge is -2.31. The van der Waals surface area contributed by atoms with Crippen molar-refractivity contribution < 1.29 is 13.2 Å². The van der Waals surface area contributed by atoms with Crippen LogP contribution in [0.15, 0.2) is 72.3 Å². The van der Waals surface area contributed by atoms with Crippen molar-refractivity contribution in [2.24, 2.45) is 0 Å². The second-order valence-corrected chi connectivity index (χ2v) is 9.43. The number of fused-ring (bicyclic) bond motifs is 1. The van der Waals surface area contributed by atoms with E-state index in [2.05, 4.69) is 29.0 Å². The van der Waals surface area contributed by atoms with Gasteiger partial charge in [-0.2, -0.15) is 4.31 Å². The van der Waals surface area contributed by atoms with Gasteiger partial charge >= 0.3 is 0 Å². The van der Waals surface area contributed by atoms with E-state index in [1.165, 1.54) is 21.3 Å². The van der Waals surface area contributed by atoms with Gasteiger partial charge in [-0.05, 0) is 48.6 Å². The molecule has 0 atom stereocenters. The molecule has 156 valence electrons. The van der Waals surface area contributed by atoms with Crippen LogP contribution < -0.4 is 5.32 Å². The highest BCUT2D eigenvalue weighted by Crippen LogP contribution is 2.34. The third kappa shape index (κ3) is 3.91. The fourth-order valence-corrected chi connectivity index (χ4v) is 5.57. The summed E-state index contributed by atoms with van der Waals surface area (Å²) in [5.41, 5.74) is 2.68. The largest absolute Gasteiger partial charge is 0.361 e. The fraction of sp³-hybridized carbons (Fsp3) is 0.261. The molecule has 1 aliphatic rings. The Morgan fingerprint density at radius 2 is 1.93 bits per heavy atom. The van der Waals surface area contributed by atoms with Crippen molar-refractivity contribution >= 4 is 26.8 Å². The summed E-state index contributed by atoms with van der Waals surface area (Å²) in [6, 6.07) is 14.4. The van der Waals surface area contributed by atoms with E-state index in [9.17, 15) is 13.2 Å². The van der Waals surface area contributed by atoms with E-state index in [1.54, 1.807) is 24.3 Å². The van der Waals surface area contributed by atoms with Crippen LogP contribution in [0.25, 0.3) is 10.9 Å². The molecule has 1 aliphatic heterocycles. The molecule has 0 unspecified atom stereocenters. The number of benzene rings is 2. The van der Waals surface area contributed by atoms with Gasteiger partial charge in [-0.3, -0.25) is 4.79 Å². The number of carbonyl (C=O) groups is 1. The molecular weight excluding hydrogens is 398 g/mol. The van der Waals surface area contributed by atoms with Crippen LogP contribution in [0, 0.1) is 0 Å². The molecule has 1 saturated heterocycles. The Balaban J connectivity index is 1.49. The molecule has 1 aromatic heterocycles. The van der Waals surface area contributed by atoms with Gasteiger partial charge in [-0.15, -0.1) is 6.58 Å². The molecule has 2 N–H and O–H groups in total. The zero-order valence-electron chi connectivity index (χ0n) is 16.7. The molecule has 2 aromatic carbocycles. The number of aromatic nitrogens is 1. The van der Waals surface area contributed by atoms with Crippen molar-refractivity contribution in [1.29, 1.82) is 0 Å². The van der Waals surface area contributed by atoms with Gasteiger partial charge < -0.3 is 10.3 Å². The number of para-hydroxylation sites is 1. The first kappa shape index (κ1) is 20.4. The first-order valence-electron chi connectivity index (χ1n) is 10.1. The van der Waals surface area contributed by atoms with Crippen LogP contribution in [0.2, 0.25) is 0 Å². The van der Waals surface area contributed by atoms with Crippen molar-refractivity contribution in [2.75, 3.05) is 19.6 Å². The minimum atomic E-state index is -3.65. The molecule has 7 heteroatoms. The van der Waals surface area contributed by atoms with E-state index < -0.39 is 10.0 Å². The Hall–Kier alpha value is -2.90. The van der Waals surface area contributed by atoms with Crippen LogP contribution in [-0.2, 0) is 10.0 Å². The predicted molar refractivity (Wildman–Crippen MR) is 118 cm³/mol. The van der Waals surface area contributed by atoms with Gasteiger partial charge in [-0.1, -0.05) is 30.3 Å². The van der Waals surface area contributed by atoms with E-state index >= 15 is 0 Å². The molecule has 1 fully saturated rings. The van der Waals surface area contributed by atoms with Gasteiger partial charge in [0.25, 0.3) is 5.91 Å². The van der Waals surface area contributed by atoms with Crippen LogP contribution in [0.5, 0.6) is 0 Å². The maximum absolute atomic E-state index is 13.2. The Morgan fingerprint density at radius 3 is 2.70 bits per heavy atom. The minimum absolute atomic E-state index is 0.152. The zero-order chi connectivity index (χ0) is 21.1. The Morgan fingerprint density at radius 1 is 1.17 bits per heavy atom. The average Bonchev–Trinajstić information content (AvgIpc) is 3.22. The molecule has 4 rings (SSSR count). The molecule has 3 aromatic rings. The summed E-state index contributed by atoms with van der Waals surface area (Å²) in [4.78, 5) is 15.6. The molecule has 0 radical (unpaired) electrons. The number of nitrogens with zero attached hydrogens (tertiary/aromatic N) is 1. The molecule has 0 aliphatic carbocycles. The van der Waals surface area contributed by atoms with Crippen molar-refractivity contribution in [1.82, 2.24) is 14.6 Å². The summed E-state index contributed by atoms with van der Waals surface area (Å²) in [6.07, 6.45) is 5.16. The average molecular weight is 424 g/mol. The number of rotatable bonds is 6. The normalized spacial score (nSPS) is 15.9. The Kier molecular flexibility index (Phi) is 5.74. The standard InChI is InChI=1S/C23H25N3O3S/c1-2-12-24-23(27)18-6-5-7-19(15-18)30(28,29)26-13-10-17(11-14-26)21-16-25-22-9-4-3-8-20(21)22/h2-9,15-17,25H,1,10-14H2,(H,24,27). The first-order chi connectivity index (χ1) is 14.5. The van der Waals surface area contributed by atoms with Gasteiger partial charge in [-0.25, -0.2) is 8.42 Å². The summed E-state index contributed by atoms with van der Waals surface area (Å²) < 4.78 is 27.8. The topological polar surface area (TPSA) is 82.3 Å². The highest BCUT2D eigenvalue weighted by atomic mass is 32.2. The number of amides is 1. The summed E-state index contributed by atoms with van der Waals surface area (Å²) in [7, 11) is -3.65. The lowest BCUT2D eigenvalue weighted by atomic mass is 9.90. The maximum atomic E-state index is 13.2. The lowest BCUT2D eigenvalue weighted by Crippen LogP contribution is -2.38. The van der Waals surface area contributed by atoms with Crippen LogP contribution in [0.4, 0.5) is 0 Å². The fourth-order valence-electron chi connectivity index (χ4n) is 4.05. The summed E-state index contributed by atoms with van der Waals surface area (Å²) in [5.74, 6) is 0.00797. The van der Waals surface area contributed by atoms with E-state index in [4.69, 9.17) is 0 Å². The van der Waals surface area contributed by atoms with Crippen molar-refractivity contribution in [3.05, 3.63) is 78.5 Å². The van der Waals surface area contributed by atoms with Crippen molar-refractivity contribution in [3.8, 4) is 0 Å². The van der Waals surface area contributed by atoms with Crippen molar-refractivity contribution in [3.63, 3.8) is 0 Å². The lowest BCUT2D eigenvalue weighted by molar-refractivity contribution is 0.0958. The summed E-state index contributed by atoms with van der Waals surface area (Å²) in [6.45, 7) is 4.81. The third-order valence-corrected chi connectivity index (χ3v) is 7.55. The summed E-state index contributed by atoms with van der Waals surface area (Å²) in [5, 5.41) is 3.88. The third-order valence-electron chi connectivity index (χ3n) is 5.66. The van der Waals surface area contributed by atoms with Crippen LogP contribution in [-0.4, -0.2) is 43.2 Å². The van der Waals surface area contributed by atoms with E-state index in [0.717, 1.165) is 18.4 Å².